The lowest BCUT2D eigenvalue weighted by molar-refractivity contribution is -0.112. The van der Waals surface area contributed by atoms with E-state index < -0.39 is 15.8 Å². The fourth-order valence-corrected chi connectivity index (χ4v) is 3.93. The lowest BCUT2D eigenvalue weighted by Gasteiger charge is -2.17. The SMILES string of the molecule is C=C(C(=O)Nc1c2c(cc3c1CCC3)CCC2)S(N)(=O)=NC. The van der Waals surface area contributed by atoms with Crippen LogP contribution in [-0.4, -0.2) is 17.2 Å². The number of anilines is 1. The molecule has 0 fully saturated rings. The van der Waals surface area contributed by atoms with Gasteiger partial charge in [-0.15, -0.1) is 0 Å². The standard InChI is InChI=1S/C16H21N3O2S/c1-10(22(17,21)18-2)16(20)19-15-13-7-3-5-11(13)9-12-6-4-8-14(12)15/h9H,1,3-8H2,2H3,(H,19,20)(H2,17,18,21). The number of hydrogen-bond acceptors (Lipinski definition) is 3. The number of carbonyl (C=O) groups is 1. The molecule has 1 aromatic rings. The second-order valence-electron chi connectivity index (χ2n) is 5.86. The number of aryl methyl sites for hydroxylation is 2. The molecular weight excluding hydrogens is 298 g/mol. The molecule has 1 aromatic carbocycles. The van der Waals surface area contributed by atoms with Gasteiger partial charge in [-0.05, 0) is 60.8 Å². The summed E-state index contributed by atoms with van der Waals surface area (Å²) in [7, 11) is -1.85. The fourth-order valence-electron chi connectivity index (χ4n) is 3.39. The van der Waals surface area contributed by atoms with E-state index >= 15 is 0 Å². The van der Waals surface area contributed by atoms with Gasteiger partial charge in [-0.3, -0.25) is 4.79 Å². The number of carbonyl (C=O) groups excluding carboxylic acids is 1. The molecule has 0 radical (unpaired) electrons. The average Bonchev–Trinajstić information content (AvgIpc) is 3.14. The smallest absolute Gasteiger partial charge is 0.266 e. The van der Waals surface area contributed by atoms with E-state index in [1.54, 1.807) is 0 Å². The second-order valence-corrected chi connectivity index (χ2v) is 7.86. The Labute approximate surface area is 131 Å². The predicted octanol–water partition coefficient (Wildman–Crippen LogP) is 2.09. The topological polar surface area (TPSA) is 84.5 Å². The molecule has 1 unspecified atom stereocenters. The highest BCUT2D eigenvalue weighted by molar-refractivity contribution is 7.96. The molecule has 0 heterocycles. The highest BCUT2D eigenvalue weighted by Gasteiger charge is 2.26. The van der Waals surface area contributed by atoms with Crippen LogP contribution in [0.4, 0.5) is 5.69 Å². The van der Waals surface area contributed by atoms with Gasteiger partial charge in [-0.2, -0.15) is 0 Å². The van der Waals surface area contributed by atoms with Gasteiger partial charge in [0, 0.05) is 12.7 Å². The summed E-state index contributed by atoms with van der Waals surface area (Å²) >= 11 is 0. The first-order chi connectivity index (χ1) is 10.4. The van der Waals surface area contributed by atoms with Crippen LogP contribution in [0.1, 0.15) is 35.1 Å². The van der Waals surface area contributed by atoms with Gasteiger partial charge in [0.05, 0.1) is 0 Å². The van der Waals surface area contributed by atoms with E-state index in [4.69, 9.17) is 5.14 Å². The molecule has 22 heavy (non-hydrogen) atoms. The van der Waals surface area contributed by atoms with Crippen molar-refractivity contribution in [2.45, 2.75) is 38.5 Å². The molecule has 1 atom stereocenters. The van der Waals surface area contributed by atoms with Crippen molar-refractivity contribution < 1.29 is 9.00 Å². The molecule has 0 spiro atoms. The van der Waals surface area contributed by atoms with Gasteiger partial charge in [-0.25, -0.2) is 13.7 Å². The molecule has 2 aliphatic carbocycles. The minimum Gasteiger partial charge on any atom is -0.321 e. The Morgan fingerprint density at radius 2 is 1.77 bits per heavy atom. The lowest BCUT2D eigenvalue weighted by atomic mass is 9.98. The van der Waals surface area contributed by atoms with Crippen LogP contribution in [0.2, 0.25) is 0 Å². The van der Waals surface area contributed by atoms with E-state index in [0.717, 1.165) is 44.2 Å². The maximum absolute atomic E-state index is 12.4. The molecular formula is C16H21N3O2S. The van der Waals surface area contributed by atoms with Crippen LogP contribution >= 0.6 is 0 Å². The Balaban J connectivity index is 1.99. The number of nitrogens with zero attached hydrogens (tertiary/aromatic N) is 1. The highest BCUT2D eigenvalue weighted by atomic mass is 32.2. The molecule has 0 saturated heterocycles. The summed E-state index contributed by atoms with van der Waals surface area (Å²) in [5.41, 5.74) is 6.00. The summed E-state index contributed by atoms with van der Waals surface area (Å²) in [6, 6.07) is 2.29. The van der Waals surface area contributed by atoms with Crippen LogP contribution in [0.25, 0.3) is 0 Å². The third kappa shape index (κ3) is 2.46. The van der Waals surface area contributed by atoms with Gasteiger partial charge in [0.1, 0.15) is 14.8 Å². The molecule has 0 saturated carbocycles. The minimum atomic E-state index is -3.18. The van der Waals surface area contributed by atoms with Gasteiger partial charge in [-0.1, -0.05) is 12.6 Å². The number of fused-ring (bicyclic) bond motifs is 2. The van der Waals surface area contributed by atoms with E-state index in [1.165, 1.54) is 29.3 Å². The molecule has 1 amide bonds. The maximum Gasteiger partial charge on any atom is 0.266 e. The van der Waals surface area contributed by atoms with Gasteiger partial charge in [0.25, 0.3) is 5.91 Å². The summed E-state index contributed by atoms with van der Waals surface area (Å²) in [5.74, 6) is -0.493. The normalized spacial score (nSPS) is 18.3. The number of nitrogens with one attached hydrogen (secondary N) is 1. The molecule has 0 bridgehead atoms. The summed E-state index contributed by atoms with van der Waals surface area (Å²) in [6.07, 6.45) is 6.29. The third-order valence-corrected chi connectivity index (χ3v) is 6.02. The van der Waals surface area contributed by atoms with E-state index in [2.05, 4.69) is 22.3 Å². The number of nitrogens with two attached hydrogens (primary N) is 1. The molecule has 0 aliphatic heterocycles. The molecule has 3 rings (SSSR count). The van der Waals surface area contributed by atoms with Gasteiger partial charge in [0.2, 0.25) is 0 Å². The number of hydrogen-bond donors (Lipinski definition) is 2. The van der Waals surface area contributed by atoms with Crippen molar-refractivity contribution in [1.82, 2.24) is 0 Å². The largest absolute Gasteiger partial charge is 0.321 e. The Morgan fingerprint density at radius 1 is 1.23 bits per heavy atom. The molecule has 2 aliphatic rings. The first-order valence-electron chi connectivity index (χ1n) is 7.54. The Hall–Kier alpha value is -1.66. The Bertz CT molecular complexity index is 757. The third-order valence-electron chi connectivity index (χ3n) is 4.59. The second kappa shape index (κ2) is 5.52. The average molecular weight is 319 g/mol. The lowest BCUT2D eigenvalue weighted by Crippen LogP contribution is -2.25. The van der Waals surface area contributed by atoms with Crippen molar-refractivity contribution in [2.24, 2.45) is 9.50 Å². The fraction of sp³-hybridized carbons (Fsp3) is 0.438. The van der Waals surface area contributed by atoms with Gasteiger partial charge < -0.3 is 5.32 Å². The van der Waals surface area contributed by atoms with Gasteiger partial charge in [0.15, 0.2) is 0 Å². The Morgan fingerprint density at radius 3 is 2.27 bits per heavy atom. The number of benzene rings is 1. The van der Waals surface area contributed by atoms with E-state index in [-0.39, 0.29) is 4.91 Å². The highest BCUT2D eigenvalue weighted by Crippen LogP contribution is 2.38. The zero-order chi connectivity index (χ0) is 15.9. The van der Waals surface area contributed by atoms with Crippen molar-refractivity contribution in [3.63, 3.8) is 0 Å². The van der Waals surface area contributed by atoms with Gasteiger partial charge >= 0.3 is 0 Å². The van der Waals surface area contributed by atoms with Crippen molar-refractivity contribution in [1.29, 1.82) is 0 Å². The minimum absolute atomic E-state index is 0.169. The van der Waals surface area contributed by atoms with Crippen LogP contribution in [0.15, 0.2) is 21.9 Å². The molecule has 5 nitrogen and oxygen atoms in total. The quantitative estimate of drug-likeness (QED) is 0.836. The van der Waals surface area contributed by atoms with Crippen LogP contribution in [0, 0.1) is 0 Å². The monoisotopic (exact) mass is 319 g/mol. The van der Waals surface area contributed by atoms with Crippen LogP contribution < -0.4 is 10.5 Å². The molecule has 0 aromatic heterocycles. The summed E-state index contributed by atoms with van der Waals surface area (Å²) in [4.78, 5) is 12.2. The molecule has 3 N–H and O–H groups in total. The van der Waals surface area contributed by atoms with Crippen molar-refractivity contribution in [3.05, 3.63) is 39.8 Å². The zero-order valence-corrected chi connectivity index (χ0v) is 13.6. The van der Waals surface area contributed by atoms with Crippen LogP contribution in [-0.2, 0) is 40.4 Å². The van der Waals surface area contributed by atoms with Crippen molar-refractivity contribution in [3.8, 4) is 0 Å². The van der Waals surface area contributed by atoms with E-state index in [1.807, 2.05) is 0 Å². The summed E-state index contributed by atoms with van der Waals surface area (Å²) < 4.78 is 15.6. The van der Waals surface area contributed by atoms with E-state index in [9.17, 15) is 9.00 Å². The van der Waals surface area contributed by atoms with Crippen LogP contribution in [0.5, 0.6) is 0 Å². The Kier molecular flexibility index (Phi) is 3.82. The predicted molar refractivity (Wildman–Crippen MR) is 88.9 cm³/mol. The summed E-state index contributed by atoms with van der Waals surface area (Å²) in [5, 5.41) is 8.47. The zero-order valence-electron chi connectivity index (χ0n) is 12.8. The van der Waals surface area contributed by atoms with Crippen LogP contribution in [0.3, 0.4) is 0 Å². The number of amides is 1. The summed E-state index contributed by atoms with van der Waals surface area (Å²) in [6.45, 7) is 3.57. The van der Waals surface area contributed by atoms with Crippen molar-refractivity contribution in [2.75, 3.05) is 12.4 Å². The first-order valence-corrected chi connectivity index (χ1v) is 9.11. The maximum atomic E-state index is 12.4. The first kappa shape index (κ1) is 15.2. The molecule has 118 valence electrons. The van der Waals surface area contributed by atoms with E-state index in [0.29, 0.717) is 0 Å². The molecule has 6 heteroatoms. The number of rotatable bonds is 3. The van der Waals surface area contributed by atoms with Crippen molar-refractivity contribution >= 4 is 21.5 Å².